The SMILES string of the molecule is Cc1cc([N+](=O)[O-])nn1C(C)C(=O)Nc1cnn(Cc2ccc(F)cc2Cl)c1. The van der Waals surface area contributed by atoms with Crippen LogP contribution in [0.2, 0.25) is 5.02 Å². The molecule has 2 aromatic heterocycles. The second-order valence-corrected chi connectivity index (χ2v) is 6.58. The Bertz CT molecular complexity index is 1050. The number of halogens is 2. The topological polar surface area (TPSA) is 108 Å². The van der Waals surface area contributed by atoms with E-state index in [2.05, 4.69) is 15.5 Å². The minimum Gasteiger partial charge on any atom is -0.358 e. The molecule has 1 atom stereocenters. The highest BCUT2D eigenvalue weighted by molar-refractivity contribution is 6.31. The summed E-state index contributed by atoms with van der Waals surface area (Å²) in [7, 11) is 0. The van der Waals surface area contributed by atoms with E-state index in [0.29, 0.717) is 23.5 Å². The van der Waals surface area contributed by atoms with E-state index in [1.54, 1.807) is 30.8 Å². The summed E-state index contributed by atoms with van der Waals surface area (Å²) in [5.41, 5.74) is 1.61. The molecule has 0 aliphatic heterocycles. The number of aryl methyl sites for hydroxylation is 1. The maximum Gasteiger partial charge on any atom is 0.390 e. The van der Waals surface area contributed by atoms with E-state index in [0.717, 1.165) is 0 Å². The maximum absolute atomic E-state index is 13.1. The van der Waals surface area contributed by atoms with Crippen LogP contribution in [0.4, 0.5) is 15.9 Å². The summed E-state index contributed by atoms with van der Waals surface area (Å²) in [6.45, 7) is 3.52. The molecule has 28 heavy (non-hydrogen) atoms. The predicted octanol–water partition coefficient (Wildman–Crippen LogP) is 3.34. The fourth-order valence-electron chi connectivity index (χ4n) is 2.65. The van der Waals surface area contributed by atoms with Gasteiger partial charge >= 0.3 is 5.82 Å². The summed E-state index contributed by atoms with van der Waals surface area (Å²) in [6.07, 6.45) is 3.06. The minimum atomic E-state index is -0.761. The highest BCUT2D eigenvalue weighted by Crippen LogP contribution is 2.20. The number of nitrogens with one attached hydrogen (secondary N) is 1. The number of benzene rings is 1. The molecule has 146 valence electrons. The molecule has 0 saturated heterocycles. The van der Waals surface area contributed by atoms with Crippen molar-refractivity contribution in [1.29, 1.82) is 0 Å². The lowest BCUT2D eigenvalue weighted by molar-refractivity contribution is -0.389. The highest BCUT2D eigenvalue weighted by Gasteiger charge is 2.24. The number of hydrogen-bond donors (Lipinski definition) is 1. The zero-order valence-electron chi connectivity index (χ0n) is 15.0. The molecule has 0 fully saturated rings. The Morgan fingerprint density at radius 3 is 2.82 bits per heavy atom. The van der Waals surface area contributed by atoms with Crippen molar-refractivity contribution in [2.45, 2.75) is 26.4 Å². The summed E-state index contributed by atoms with van der Waals surface area (Å²) < 4.78 is 16.0. The number of carbonyl (C=O) groups is 1. The first-order valence-corrected chi connectivity index (χ1v) is 8.60. The van der Waals surface area contributed by atoms with Crippen molar-refractivity contribution in [1.82, 2.24) is 19.6 Å². The zero-order valence-corrected chi connectivity index (χ0v) is 15.7. The van der Waals surface area contributed by atoms with Crippen LogP contribution in [-0.2, 0) is 11.3 Å². The van der Waals surface area contributed by atoms with E-state index in [1.165, 1.54) is 29.1 Å². The molecule has 1 N–H and O–H groups in total. The number of hydrogen-bond acceptors (Lipinski definition) is 5. The number of nitrogens with zero attached hydrogens (tertiary/aromatic N) is 5. The van der Waals surface area contributed by atoms with Crippen LogP contribution >= 0.6 is 11.6 Å². The first kappa shape index (κ1) is 19.5. The number of aromatic nitrogens is 4. The second kappa shape index (κ2) is 7.77. The smallest absolute Gasteiger partial charge is 0.358 e. The summed E-state index contributed by atoms with van der Waals surface area (Å²) in [6, 6.07) is 4.63. The van der Waals surface area contributed by atoms with Crippen LogP contribution in [0.25, 0.3) is 0 Å². The molecule has 0 aliphatic rings. The van der Waals surface area contributed by atoms with Gasteiger partial charge in [-0.3, -0.25) is 9.48 Å². The zero-order chi connectivity index (χ0) is 20.4. The number of nitro groups is 1. The van der Waals surface area contributed by atoms with E-state index < -0.39 is 22.7 Å². The van der Waals surface area contributed by atoms with E-state index in [-0.39, 0.29) is 10.8 Å². The molecule has 1 aromatic carbocycles. The average molecular weight is 407 g/mol. The van der Waals surface area contributed by atoms with Gasteiger partial charge in [0.1, 0.15) is 11.9 Å². The standard InChI is InChI=1S/C17H16ClFN6O3/c1-10-5-16(25(27)28)22-24(10)11(2)17(26)21-14-7-20-23(9-14)8-12-3-4-13(19)6-15(12)18/h3-7,9,11H,8H2,1-2H3,(H,21,26). The van der Waals surface area contributed by atoms with Gasteiger partial charge in [0.2, 0.25) is 0 Å². The molecule has 0 radical (unpaired) electrons. The third kappa shape index (κ3) is 4.17. The monoisotopic (exact) mass is 406 g/mol. The third-order valence-corrected chi connectivity index (χ3v) is 4.44. The summed E-state index contributed by atoms with van der Waals surface area (Å²) >= 11 is 6.01. The minimum absolute atomic E-state index is 0.283. The van der Waals surface area contributed by atoms with Crippen molar-refractivity contribution < 1.29 is 14.1 Å². The van der Waals surface area contributed by atoms with Gasteiger partial charge in [0.25, 0.3) is 5.91 Å². The van der Waals surface area contributed by atoms with Crippen molar-refractivity contribution >= 4 is 29.0 Å². The van der Waals surface area contributed by atoms with Crippen LogP contribution in [-0.4, -0.2) is 30.4 Å². The van der Waals surface area contributed by atoms with Crippen molar-refractivity contribution in [2.24, 2.45) is 0 Å². The van der Waals surface area contributed by atoms with Gasteiger partial charge in [0, 0.05) is 11.2 Å². The first-order chi connectivity index (χ1) is 13.2. The van der Waals surface area contributed by atoms with Crippen LogP contribution in [0.15, 0.2) is 36.7 Å². The summed E-state index contributed by atoms with van der Waals surface area (Å²) in [5, 5.41) is 21.8. The quantitative estimate of drug-likeness (QED) is 0.499. The molecule has 0 aliphatic carbocycles. The Kier molecular flexibility index (Phi) is 5.41. The molecule has 9 nitrogen and oxygen atoms in total. The number of anilines is 1. The Morgan fingerprint density at radius 2 is 2.18 bits per heavy atom. The van der Waals surface area contributed by atoms with Gasteiger partial charge in [0.15, 0.2) is 0 Å². The van der Waals surface area contributed by atoms with Crippen LogP contribution in [0.1, 0.15) is 24.2 Å². The molecule has 1 amide bonds. The molecule has 3 aromatic rings. The lowest BCUT2D eigenvalue weighted by Crippen LogP contribution is -2.25. The van der Waals surface area contributed by atoms with Gasteiger partial charge in [-0.1, -0.05) is 17.7 Å². The Labute approximate surface area is 163 Å². The summed E-state index contributed by atoms with van der Waals surface area (Å²) in [4.78, 5) is 22.7. The van der Waals surface area contributed by atoms with Crippen molar-refractivity contribution in [3.05, 3.63) is 68.9 Å². The largest absolute Gasteiger partial charge is 0.390 e. The van der Waals surface area contributed by atoms with Crippen LogP contribution < -0.4 is 5.32 Å². The normalized spacial score (nSPS) is 12.0. The molecule has 3 rings (SSSR count). The van der Waals surface area contributed by atoms with E-state index in [1.807, 2.05) is 0 Å². The first-order valence-electron chi connectivity index (χ1n) is 8.22. The lowest BCUT2D eigenvalue weighted by atomic mass is 10.2. The molecular formula is C17H16ClFN6O3. The molecule has 11 heteroatoms. The van der Waals surface area contributed by atoms with Crippen LogP contribution in [0, 0.1) is 22.9 Å². The van der Waals surface area contributed by atoms with Crippen LogP contribution in [0.5, 0.6) is 0 Å². The third-order valence-electron chi connectivity index (χ3n) is 4.09. The number of rotatable bonds is 6. The Balaban J connectivity index is 1.69. The molecule has 1 unspecified atom stereocenters. The predicted molar refractivity (Wildman–Crippen MR) is 99.7 cm³/mol. The van der Waals surface area contributed by atoms with E-state index in [9.17, 15) is 19.3 Å². The van der Waals surface area contributed by atoms with Gasteiger partial charge in [-0.25, -0.2) is 4.39 Å². The Morgan fingerprint density at radius 1 is 1.43 bits per heavy atom. The van der Waals surface area contributed by atoms with E-state index >= 15 is 0 Å². The highest BCUT2D eigenvalue weighted by atomic mass is 35.5. The van der Waals surface area contributed by atoms with Gasteiger partial charge < -0.3 is 15.4 Å². The lowest BCUT2D eigenvalue weighted by Gasteiger charge is -2.10. The van der Waals surface area contributed by atoms with Gasteiger partial charge in [0.05, 0.1) is 35.3 Å². The van der Waals surface area contributed by atoms with Crippen molar-refractivity contribution in [2.75, 3.05) is 5.32 Å². The van der Waals surface area contributed by atoms with Crippen molar-refractivity contribution in [3.63, 3.8) is 0 Å². The molecule has 0 bridgehead atoms. The molecule has 0 spiro atoms. The second-order valence-electron chi connectivity index (χ2n) is 6.17. The Hall–Kier alpha value is -3.27. The van der Waals surface area contributed by atoms with Gasteiger partial charge in [-0.15, -0.1) is 0 Å². The number of carbonyl (C=O) groups excluding carboxylic acids is 1. The fourth-order valence-corrected chi connectivity index (χ4v) is 2.88. The van der Waals surface area contributed by atoms with Gasteiger partial charge in [-0.2, -0.15) is 9.78 Å². The maximum atomic E-state index is 13.1. The van der Waals surface area contributed by atoms with E-state index in [4.69, 9.17) is 11.6 Å². The molecule has 2 heterocycles. The van der Waals surface area contributed by atoms with Gasteiger partial charge in [-0.05, 0) is 36.5 Å². The average Bonchev–Trinajstić information content (AvgIpc) is 3.23. The summed E-state index contributed by atoms with van der Waals surface area (Å²) in [5.74, 6) is -1.15. The van der Waals surface area contributed by atoms with Crippen molar-refractivity contribution in [3.8, 4) is 0 Å². The molecule has 0 saturated carbocycles. The molecular weight excluding hydrogens is 391 g/mol. The van der Waals surface area contributed by atoms with Crippen LogP contribution in [0.3, 0.4) is 0 Å². The number of amides is 1. The fraction of sp³-hybridized carbons (Fsp3) is 0.235.